The lowest BCUT2D eigenvalue weighted by molar-refractivity contribution is -0.130. The Morgan fingerprint density at radius 3 is 2.43 bits per heavy atom. The summed E-state index contributed by atoms with van der Waals surface area (Å²) < 4.78 is 5.65. The van der Waals surface area contributed by atoms with Crippen LogP contribution < -0.4 is 4.74 Å². The molecule has 5 heteroatoms. The topological polar surface area (TPSA) is 56.6 Å². The van der Waals surface area contributed by atoms with Gasteiger partial charge in [-0.1, -0.05) is 6.92 Å². The summed E-state index contributed by atoms with van der Waals surface area (Å²) in [6.45, 7) is 4.60. The lowest BCUT2D eigenvalue weighted by Crippen LogP contribution is -2.39. The Kier molecular flexibility index (Phi) is 7.27. The largest absolute Gasteiger partial charge is 0.492 e. The molecule has 0 fully saturated rings. The molecule has 0 aliphatic rings. The van der Waals surface area contributed by atoms with Gasteiger partial charge >= 0.3 is 0 Å². The second-order valence-corrected chi connectivity index (χ2v) is 5.05. The third kappa shape index (κ3) is 6.28. The highest BCUT2D eigenvalue weighted by molar-refractivity contribution is 5.77. The Bertz CT molecular complexity index is 477. The highest BCUT2D eigenvalue weighted by Crippen LogP contribution is 2.11. The highest BCUT2D eigenvalue weighted by Gasteiger charge is 2.11. The Labute approximate surface area is 126 Å². The average Bonchev–Trinajstić information content (AvgIpc) is 2.48. The number of nitriles is 1. The van der Waals surface area contributed by atoms with E-state index in [0.717, 1.165) is 18.7 Å². The molecule has 0 radical (unpaired) electrons. The van der Waals surface area contributed by atoms with Gasteiger partial charge in [0, 0.05) is 20.6 Å². The predicted molar refractivity (Wildman–Crippen MR) is 82.1 cm³/mol. The first-order valence-corrected chi connectivity index (χ1v) is 7.12. The van der Waals surface area contributed by atoms with E-state index in [4.69, 9.17) is 10.00 Å². The molecule has 0 aromatic heterocycles. The third-order valence-corrected chi connectivity index (χ3v) is 3.06. The SMILES string of the molecule is CCCN(CCOc1ccc(C#N)cc1)CC(=O)N(C)C. The normalized spacial score (nSPS) is 10.2. The van der Waals surface area contributed by atoms with Crippen molar-refractivity contribution in [3.8, 4) is 11.8 Å². The molecular weight excluding hydrogens is 266 g/mol. The van der Waals surface area contributed by atoms with E-state index < -0.39 is 0 Å². The fourth-order valence-electron chi connectivity index (χ4n) is 1.84. The summed E-state index contributed by atoms with van der Waals surface area (Å²) in [4.78, 5) is 15.4. The smallest absolute Gasteiger partial charge is 0.236 e. The number of nitrogens with zero attached hydrogens (tertiary/aromatic N) is 3. The molecule has 0 saturated heterocycles. The number of hydrogen-bond donors (Lipinski definition) is 0. The zero-order chi connectivity index (χ0) is 15.7. The second-order valence-electron chi connectivity index (χ2n) is 5.05. The molecule has 1 aromatic rings. The summed E-state index contributed by atoms with van der Waals surface area (Å²) in [6.07, 6.45) is 0.998. The Morgan fingerprint density at radius 1 is 1.24 bits per heavy atom. The minimum Gasteiger partial charge on any atom is -0.492 e. The molecule has 0 unspecified atom stereocenters. The van der Waals surface area contributed by atoms with E-state index in [9.17, 15) is 4.79 Å². The molecule has 21 heavy (non-hydrogen) atoms. The summed E-state index contributed by atoms with van der Waals surface area (Å²) in [7, 11) is 3.53. The van der Waals surface area contributed by atoms with Crippen molar-refractivity contribution in [2.75, 3.05) is 40.3 Å². The summed E-state index contributed by atoms with van der Waals surface area (Å²) in [6, 6.07) is 9.10. The monoisotopic (exact) mass is 289 g/mol. The second kappa shape index (κ2) is 8.98. The zero-order valence-electron chi connectivity index (χ0n) is 13.0. The van der Waals surface area contributed by atoms with Gasteiger partial charge in [0.25, 0.3) is 0 Å². The van der Waals surface area contributed by atoms with Crippen LogP contribution in [0.4, 0.5) is 0 Å². The highest BCUT2D eigenvalue weighted by atomic mass is 16.5. The van der Waals surface area contributed by atoms with Gasteiger partial charge in [-0.3, -0.25) is 9.69 Å². The van der Waals surface area contributed by atoms with Gasteiger partial charge in [-0.15, -0.1) is 0 Å². The van der Waals surface area contributed by atoms with Crippen LogP contribution >= 0.6 is 0 Å². The molecule has 1 aromatic carbocycles. The van der Waals surface area contributed by atoms with Gasteiger partial charge in [-0.05, 0) is 37.2 Å². The zero-order valence-corrected chi connectivity index (χ0v) is 13.0. The number of likely N-dealkylation sites (N-methyl/N-ethyl adjacent to an activating group) is 1. The van der Waals surface area contributed by atoms with Gasteiger partial charge in [-0.2, -0.15) is 5.26 Å². The summed E-state index contributed by atoms with van der Waals surface area (Å²) >= 11 is 0. The molecule has 1 amide bonds. The van der Waals surface area contributed by atoms with Crippen molar-refractivity contribution in [3.05, 3.63) is 29.8 Å². The quantitative estimate of drug-likeness (QED) is 0.731. The molecule has 0 atom stereocenters. The van der Waals surface area contributed by atoms with E-state index in [2.05, 4.69) is 17.9 Å². The van der Waals surface area contributed by atoms with Crippen LogP contribution in [0.1, 0.15) is 18.9 Å². The number of rotatable bonds is 8. The fraction of sp³-hybridized carbons (Fsp3) is 0.500. The van der Waals surface area contributed by atoms with Crippen molar-refractivity contribution in [3.63, 3.8) is 0 Å². The maximum absolute atomic E-state index is 11.7. The van der Waals surface area contributed by atoms with E-state index in [1.807, 2.05) is 0 Å². The van der Waals surface area contributed by atoms with Crippen molar-refractivity contribution >= 4 is 5.91 Å². The van der Waals surface area contributed by atoms with Gasteiger partial charge in [0.1, 0.15) is 12.4 Å². The fourth-order valence-corrected chi connectivity index (χ4v) is 1.84. The predicted octanol–water partition coefficient (Wildman–Crippen LogP) is 1.74. The number of ether oxygens (including phenoxy) is 1. The van der Waals surface area contributed by atoms with Crippen LogP contribution in [0.25, 0.3) is 0 Å². The number of carbonyl (C=O) groups is 1. The average molecular weight is 289 g/mol. The van der Waals surface area contributed by atoms with Gasteiger partial charge in [0.05, 0.1) is 18.2 Å². The van der Waals surface area contributed by atoms with Crippen molar-refractivity contribution in [2.24, 2.45) is 0 Å². The molecule has 0 heterocycles. The van der Waals surface area contributed by atoms with Gasteiger partial charge in [0.2, 0.25) is 5.91 Å². The first kappa shape index (κ1) is 17.0. The van der Waals surface area contributed by atoms with Crippen molar-refractivity contribution in [2.45, 2.75) is 13.3 Å². The van der Waals surface area contributed by atoms with E-state index in [1.54, 1.807) is 43.3 Å². The number of carbonyl (C=O) groups excluding carboxylic acids is 1. The Hall–Kier alpha value is -2.06. The van der Waals surface area contributed by atoms with Crippen LogP contribution in [-0.2, 0) is 4.79 Å². The molecular formula is C16H23N3O2. The lowest BCUT2D eigenvalue weighted by Gasteiger charge is -2.22. The summed E-state index contributed by atoms with van der Waals surface area (Å²) in [5.41, 5.74) is 0.617. The molecule has 0 N–H and O–H groups in total. The molecule has 114 valence electrons. The van der Waals surface area contributed by atoms with Crippen LogP contribution in [0.5, 0.6) is 5.75 Å². The van der Waals surface area contributed by atoms with Crippen molar-refractivity contribution in [1.29, 1.82) is 5.26 Å². The molecule has 0 aliphatic heterocycles. The first-order valence-electron chi connectivity index (χ1n) is 7.12. The van der Waals surface area contributed by atoms with Gasteiger partial charge in [-0.25, -0.2) is 0 Å². The summed E-state index contributed by atoms with van der Waals surface area (Å²) in [5.74, 6) is 0.839. The van der Waals surface area contributed by atoms with Crippen LogP contribution in [0, 0.1) is 11.3 Å². The number of benzene rings is 1. The van der Waals surface area contributed by atoms with E-state index in [0.29, 0.717) is 25.3 Å². The van der Waals surface area contributed by atoms with E-state index in [-0.39, 0.29) is 5.91 Å². The molecule has 0 saturated carbocycles. The van der Waals surface area contributed by atoms with Crippen molar-refractivity contribution < 1.29 is 9.53 Å². The van der Waals surface area contributed by atoms with Crippen LogP contribution in [0.15, 0.2) is 24.3 Å². The molecule has 0 aliphatic carbocycles. The molecule has 5 nitrogen and oxygen atoms in total. The van der Waals surface area contributed by atoms with Gasteiger partial charge < -0.3 is 9.64 Å². The Morgan fingerprint density at radius 2 is 1.90 bits per heavy atom. The minimum absolute atomic E-state index is 0.0989. The van der Waals surface area contributed by atoms with Crippen LogP contribution in [0.2, 0.25) is 0 Å². The molecule has 1 rings (SSSR count). The lowest BCUT2D eigenvalue weighted by atomic mass is 10.2. The maximum atomic E-state index is 11.7. The van der Waals surface area contributed by atoms with E-state index in [1.165, 1.54) is 0 Å². The Balaban J connectivity index is 2.42. The molecule has 0 spiro atoms. The standard InChI is InChI=1S/C16H23N3O2/c1-4-9-19(13-16(20)18(2)3)10-11-21-15-7-5-14(12-17)6-8-15/h5-8H,4,9-11,13H2,1-3H3. The van der Waals surface area contributed by atoms with E-state index >= 15 is 0 Å². The number of hydrogen-bond acceptors (Lipinski definition) is 4. The van der Waals surface area contributed by atoms with Crippen LogP contribution in [0.3, 0.4) is 0 Å². The minimum atomic E-state index is 0.0989. The van der Waals surface area contributed by atoms with Gasteiger partial charge in [0.15, 0.2) is 0 Å². The van der Waals surface area contributed by atoms with Crippen molar-refractivity contribution in [1.82, 2.24) is 9.80 Å². The summed E-state index contributed by atoms with van der Waals surface area (Å²) in [5, 5.41) is 8.73. The molecule has 0 bridgehead atoms. The first-order chi connectivity index (χ1) is 10.1. The van der Waals surface area contributed by atoms with Crippen LogP contribution in [-0.4, -0.2) is 56.0 Å². The third-order valence-electron chi connectivity index (χ3n) is 3.06. The maximum Gasteiger partial charge on any atom is 0.236 e. The number of amides is 1.